The van der Waals surface area contributed by atoms with Gasteiger partial charge < -0.3 is 4.74 Å². The van der Waals surface area contributed by atoms with E-state index in [9.17, 15) is 0 Å². The number of rotatable bonds is 2. The molecule has 0 aromatic carbocycles. The zero-order chi connectivity index (χ0) is 9.97. The number of hydrogen-bond donors (Lipinski definition) is 0. The van der Waals surface area contributed by atoms with E-state index in [0.29, 0.717) is 16.6 Å². The van der Waals surface area contributed by atoms with Crippen LogP contribution in [0.5, 0.6) is 5.88 Å². The maximum atomic E-state index is 5.20. The number of hydrogen-bond acceptors (Lipinski definition) is 3. The molecule has 1 heterocycles. The van der Waals surface area contributed by atoms with Crippen molar-refractivity contribution < 1.29 is 4.74 Å². The number of methoxy groups -OCH3 is 1. The van der Waals surface area contributed by atoms with Crippen LogP contribution in [0.2, 0.25) is 0 Å². The first-order chi connectivity index (χ1) is 6.81. The Bertz CT molecular complexity index is 319. The van der Waals surface area contributed by atoms with E-state index in [1.165, 1.54) is 12.8 Å². The van der Waals surface area contributed by atoms with Gasteiger partial charge in [0.1, 0.15) is 5.69 Å². The van der Waals surface area contributed by atoms with Crippen LogP contribution >= 0.6 is 15.9 Å². The van der Waals surface area contributed by atoms with Crippen molar-refractivity contribution in [3.05, 3.63) is 18.1 Å². The molecule has 1 saturated carbocycles. The van der Waals surface area contributed by atoms with Crippen LogP contribution < -0.4 is 4.74 Å². The molecule has 1 fully saturated rings. The predicted octanol–water partition coefficient (Wildman–Crippen LogP) is 2.52. The Kier molecular flexibility index (Phi) is 3.01. The van der Waals surface area contributed by atoms with Gasteiger partial charge in [-0.3, -0.25) is 4.98 Å². The Morgan fingerprint density at radius 2 is 2.14 bits per heavy atom. The summed E-state index contributed by atoms with van der Waals surface area (Å²) in [6.45, 7) is 0. The Morgan fingerprint density at radius 3 is 2.79 bits per heavy atom. The minimum Gasteiger partial charge on any atom is -0.480 e. The average Bonchev–Trinajstić information content (AvgIpc) is 2.65. The standard InChI is InChI=1S/C10H13BrN2O/c1-14-10-9(12-4-5-13-10)7-2-3-8(11)6-7/h4-5,7-8H,2-3,6H2,1H3. The fourth-order valence-electron chi connectivity index (χ4n) is 1.95. The Labute approximate surface area is 92.0 Å². The second-order valence-electron chi connectivity index (χ2n) is 3.56. The van der Waals surface area contributed by atoms with Crippen molar-refractivity contribution in [2.75, 3.05) is 7.11 Å². The van der Waals surface area contributed by atoms with E-state index in [4.69, 9.17) is 4.74 Å². The lowest BCUT2D eigenvalue weighted by atomic mass is 10.0. The largest absolute Gasteiger partial charge is 0.480 e. The topological polar surface area (TPSA) is 35.0 Å². The molecule has 0 saturated heterocycles. The summed E-state index contributed by atoms with van der Waals surface area (Å²) < 4.78 is 5.20. The molecule has 0 radical (unpaired) electrons. The molecule has 2 unspecified atom stereocenters. The fourth-order valence-corrected chi connectivity index (χ4v) is 2.66. The summed E-state index contributed by atoms with van der Waals surface area (Å²) >= 11 is 3.63. The van der Waals surface area contributed by atoms with Crippen molar-refractivity contribution in [2.45, 2.75) is 30.0 Å². The molecule has 2 rings (SSSR count). The SMILES string of the molecule is COc1nccnc1C1CCC(Br)C1. The van der Waals surface area contributed by atoms with Crippen LogP contribution in [-0.2, 0) is 0 Å². The van der Waals surface area contributed by atoms with E-state index in [0.717, 1.165) is 12.1 Å². The molecule has 0 amide bonds. The highest BCUT2D eigenvalue weighted by Crippen LogP contribution is 2.39. The first kappa shape index (κ1) is 9.90. The first-order valence-corrected chi connectivity index (χ1v) is 5.71. The molecule has 1 aromatic heterocycles. The van der Waals surface area contributed by atoms with E-state index in [1.807, 2.05) is 0 Å². The lowest BCUT2D eigenvalue weighted by Gasteiger charge is -2.11. The number of nitrogens with zero attached hydrogens (tertiary/aromatic N) is 2. The third kappa shape index (κ3) is 1.90. The summed E-state index contributed by atoms with van der Waals surface area (Å²) in [6.07, 6.45) is 6.92. The monoisotopic (exact) mass is 256 g/mol. The number of ether oxygens (including phenoxy) is 1. The molecule has 0 N–H and O–H groups in total. The van der Waals surface area contributed by atoms with Crippen LogP contribution in [0, 0.1) is 0 Å². The molecule has 1 aromatic rings. The van der Waals surface area contributed by atoms with Crippen molar-refractivity contribution in [3.8, 4) is 5.88 Å². The highest BCUT2D eigenvalue weighted by atomic mass is 79.9. The van der Waals surface area contributed by atoms with Gasteiger partial charge in [-0.05, 0) is 19.3 Å². The highest BCUT2D eigenvalue weighted by Gasteiger charge is 2.27. The Hall–Kier alpha value is -0.640. The smallest absolute Gasteiger partial charge is 0.235 e. The molecule has 0 bridgehead atoms. The summed E-state index contributed by atoms with van der Waals surface area (Å²) in [6, 6.07) is 0. The van der Waals surface area contributed by atoms with E-state index < -0.39 is 0 Å². The van der Waals surface area contributed by atoms with Gasteiger partial charge in [-0.25, -0.2) is 4.98 Å². The van der Waals surface area contributed by atoms with Gasteiger partial charge >= 0.3 is 0 Å². The molecular formula is C10H13BrN2O. The van der Waals surface area contributed by atoms with E-state index in [2.05, 4.69) is 25.9 Å². The Morgan fingerprint density at radius 1 is 1.36 bits per heavy atom. The third-order valence-corrected chi connectivity index (χ3v) is 3.47. The molecular weight excluding hydrogens is 244 g/mol. The number of aromatic nitrogens is 2. The van der Waals surface area contributed by atoms with Crippen LogP contribution in [0.4, 0.5) is 0 Å². The van der Waals surface area contributed by atoms with Crippen LogP contribution in [0.25, 0.3) is 0 Å². The summed E-state index contributed by atoms with van der Waals surface area (Å²) in [5, 5.41) is 0. The van der Waals surface area contributed by atoms with Gasteiger partial charge in [0, 0.05) is 23.1 Å². The molecule has 14 heavy (non-hydrogen) atoms. The average molecular weight is 257 g/mol. The van der Waals surface area contributed by atoms with Crippen LogP contribution in [0.15, 0.2) is 12.4 Å². The van der Waals surface area contributed by atoms with Crippen LogP contribution in [-0.4, -0.2) is 21.9 Å². The second-order valence-corrected chi connectivity index (χ2v) is 4.85. The summed E-state index contributed by atoms with van der Waals surface area (Å²) in [5.41, 5.74) is 1.01. The summed E-state index contributed by atoms with van der Waals surface area (Å²) in [5.74, 6) is 1.18. The van der Waals surface area contributed by atoms with Gasteiger partial charge in [0.25, 0.3) is 0 Å². The maximum Gasteiger partial charge on any atom is 0.235 e. The zero-order valence-electron chi connectivity index (χ0n) is 8.11. The Balaban J connectivity index is 2.22. The molecule has 76 valence electrons. The van der Waals surface area contributed by atoms with Gasteiger partial charge in [0.05, 0.1) is 7.11 Å². The quantitative estimate of drug-likeness (QED) is 0.763. The normalized spacial score (nSPS) is 26.4. The maximum absolute atomic E-state index is 5.20. The minimum atomic E-state index is 0.503. The van der Waals surface area contributed by atoms with Crippen LogP contribution in [0.3, 0.4) is 0 Å². The fraction of sp³-hybridized carbons (Fsp3) is 0.600. The molecule has 2 atom stereocenters. The van der Waals surface area contributed by atoms with Gasteiger partial charge in [-0.1, -0.05) is 15.9 Å². The minimum absolute atomic E-state index is 0.503. The summed E-state index contributed by atoms with van der Waals surface area (Å²) in [7, 11) is 1.65. The van der Waals surface area contributed by atoms with Crippen molar-refractivity contribution in [2.24, 2.45) is 0 Å². The number of halogens is 1. The van der Waals surface area contributed by atoms with E-state index >= 15 is 0 Å². The molecule has 3 nitrogen and oxygen atoms in total. The van der Waals surface area contributed by atoms with Gasteiger partial charge in [0.2, 0.25) is 5.88 Å². The predicted molar refractivity (Wildman–Crippen MR) is 57.9 cm³/mol. The number of alkyl halides is 1. The first-order valence-electron chi connectivity index (χ1n) is 4.80. The van der Waals surface area contributed by atoms with Gasteiger partial charge in [-0.15, -0.1) is 0 Å². The third-order valence-electron chi connectivity index (χ3n) is 2.64. The van der Waals surface area contributed by atoms with Crippen molar-refractivity contribution in [1.82, 2.24) is 9.97 Å². The zero-order valence-corrected chi connectivity index (χ0v) is 9.70. The highest BCUT2D eigenvalue weighted by molar-refractivity contribution is 9.09. The molecule has 1 aliphatic rings. The van der Waals surface area contributed by atoms with Gasteiger partial charge in [0.15, 0.2) is 0 Å². The molecule has 0 spiro atoms. The van der Waals surface area contributed by atoms with Crippen molar-refractivity contribution in [1.29, 1.82) is 0 Å². The van der Waals surface area contributed by atoms with Crippen molar-refractivity contribution in [3.63, 3.8) is 0 Å². The van der Waals surface area contributed by atoms with Crippen molar-refractivity contribution >= 4 is 15.9 Å². The van der Waals surface area contributed by atoms with E-state index in [-0.39, 0.29) is 0 Å². The lowest BCUT2D eigenvalue weighted by Crippen LogP contribution is -2.02. The van der Waals surface area contributed by atoms with E-state index in [1.54, 1.807) is 19.5 Å². The second kappa shape index (κ2) is 4.26. The lowest BCUT2D eigenvalue weighted by molar-refractivity contribution is 0.384. The molecule has 0 aliphatic heterocycles. The van der Waals surface area contributed by atoms with Crippen LogP contribution in [0.1, 0.15) is 30.9 Å². The van der Waals surface area contributed by atoms with Gasteiger partial charge in [-0.2, -0.15) is 0 Å². The molecule has 1 aliphatic carbocycles. The molecule has 4 heteroatoms. The summed E-state index contributed by atoms with van der Waals surface area (Å²) in [4.78, 5) is 9.15.